The van der Waals surface area contributed by atoms with E-state index < -0.39 is 0 Å². The van der Waals surface area contributed by atoms with E-state index in [1.165, 1.54) is 25.7 Å². The molecule has 0 aromatic rings. The van der Waals surface area contributed by atoms with E-state index in [0.717, 1.165) is 18.1 Å². The Hall–Kier alpha value is 0.130. The van der Waals surface area contributed by atoms with Gasteiger partial charge in [0.15, 0.2) is 6.79 Å². The largest absolute Gasteiger partial charge is 0.438 e. The Kier molecular flexibility index (Phi) is 7.30. The van der Waals surface area contributed by atoms with Gasteiger partial charge in [-0.1, -0.05) is 28.0 Å². The standard InChI is InChI=1S/C10H18O3S2/c1-12-8-13-10(11)5-3-2-4-9-6-7-14-15-9/h9H,2-8H2,1H3. The zero-order valence-corrected chi connectivity index (χ0v) is 10.7. The summed E-state index contributed by atoms with van der Waals surface area (Å²) in [4.78, 5) is 11.1. The summed E-state index contributed by atoms with van der Waals surface area (Å²) in [6.45, 7) is 0.0773. The van der Waals surface area contributed by atoms with Crippen LogP contribution in [-0.4, -0.2) is 30.9 Å². The number of methoxy groups -OCH3 is 1. The van der Waals surface area contributed by atoms with E-state index in [-0.39, 0.29) is 12.8 Å². The second kappa shape index (κ2) is 8.30. The van der Waals surface area contributed by atoms with Gasteiger partial charge in [0.05, 0.1) is 0 Å². The first-order valence-electron chi connectivity index (χ1n) is 5.25. The quantitative estimate of drug-likeness (QED) is 0.300. The second-order valence-corrected chi connectivity index (χ2v) is 6.29. The Morgan fingerprint density at radius 1 is 1.47 bits per heavy atom. The summed E-state index contributed by atoms with van der Waals surface area (Å²) in [6.07, 6.45) is 5.14. The predicted molar refractivity (Wildman–Crippen MR) is 64.9 cm³/mol. The van der Waals surface area contributed by atoms with Crippen LogP contribution in [0.15, 0.2) is 0 Å². The molecular formula is C10H18O3S2. The SMILES string of the molecule is COCOC(=O)CCCCC1CCSS1. The molecule has 5 heteroatoms. The molecule has 1 aliphatic heterocycles. The zero-order chi connectivity index (χ0) is 10.9. The van der Waals surface area contributed by atoms with Crippen LogP contribution in [-0.2, 0) is 14.3 Å². The van der Waals surface area contributed by atoms with Gasteiger partial charge in [-0.2, -0.15) is 0 Å². The van der Waals surface area contributed by atoms with Crippen molar-refractivity contribution in [2.24, 2.45) is 0 Å². The second-order valence-electron chi connectivity index (χ2n) is 3.50. The third-order valence-electron chi connectivity index (χ3n) is 2.22. The minimum atomic E-state index is -0.148. The van der Waals surface area contributed by atoms with Crippen molar-refractivity contribution in [1.82, 2.24) is 0 Å². The lowest BCUT2D eigenvalue weighted by atomic mass is 10.1. The van der Waals surface area contributed by atoms with Crippen molar-refractivity contribution in [3.63, 3.8) is 0 Å². The molecule has 1 unspecified atom stereocenters. The molecule has 0 saturated carbocycles. The minimum Gasteiger partial charge on any atom is -0.438 e. The maximum atomic E-state index is 11.1. The summed E-state index contributed by atoms with van der Waals surface area (Å²) in [5.74, 6) is 1.14. The molecule has 0 aliphatic carbocycles. The van der Waals surface area contributed by atoms with Crippen molar-refractivity contribution < 1.29 is 14.3 Å². The topological polar surface area (TPSA) is 35.5 Å². The summed E-state index contributed by atoms with van der Waals surface area (Å²) in [5.41, 5.74) is 0. The highest BCUT2D eigenvalue weighted by Crippen LogP contribution is 2.39. The van der Waals surface area contributed by atoms with Gasteiger partial charge < -0.3 is 9.47 Å². The van der Waals surface area contributed by atoms with Gasteiger partial charge in [-0.15, -0.1) is 0 Å². The third kappa shape index (κ3) is 6.33. The van der Waals surface area contributed by atoms with Gasteiger partial charge in [0.1, 0.15) is 0 Å². The van der Waals surface area contributed by atoms with Crippen LogP contribution in [0.5, 0.6) is 0 Å². The van der Waals surface area contributed by atoms with E-state index in [1.807, 2.05) is 21.6 Å². The van der Waals surface area contributed by atoms with Crippen LogP contribution in [0.4, 0.5) is 0 Å². The number of hydrogen-bond acceptors (Lipinski definition) is 5. The Morgan fingerprint density at radius 2 is 2.33 bits per heavy atom. The molecule has 0 aromatic heterocycles. The summed E-state index contributed by atoms with van der Waals surface area (Å²) >= 11 is 0. The van der Waals surface area contributed by atoms with Gasteiger partial charge in [-0.05, 0) is 19.3 Å². The number of carbonyl (C=O) groups excluding carboxylic acids is 1. The van der Waals surface area contributed by atoms with Crippen LogP contribution in [0.1, 0.15) is 32.1 Å². The van der Waals surface area contributed by atoms with Crippen molar-refractivity contribution in [3.8, 4) is 0 Å². The Labute approximate surface area is 99.1 Å². The Balaban J connectivity index is 1.89. The highest BCUT2D eigenvalue weighted by molar-refractivity contribution is 8.77. The molecule has 0 amide bonds. The fraction of sp³-hybridized carbons (Fsp3) is 0.900. The molecule has 0 spiro atoms. The fourth-order valence-corrected chi connectivity index (χ4v) is 4.43. The molecule has 0 N–H and O–H groups in total. The average molecular weight is 250 g/mol. The lowest BCUT2D eigenvalue weighted by Crippen LogP contribution is -2.07. The first kappa shape index (κ1) is 13.2. The van der Waals surface area contributed by atoms with E-state index in [4.69, 9.17) is 4.74 Å². The van der Waals surface area contributed by atoms with Crippen molar-refractivity contribution >= 4 is 27.6 Å². The van der Waals surface area contributed by atoms with Gasteiger partial charge in [-0.3, -0.25) is 4.79 Å². The molecule has 1 fully saturated rings. The lowest BCUT2D eigenvalue weighted by Gasteiger charge is -2.06. The lowest BCUT2D eigenvalue weighted by molar-refractivity contribution is -0.154. The smallest absolute Gasteiger partial charge is 0.307 e. The number of ether oxygens (including phenoxy) is 2. The van der Waals surface area contributed by atoms with Crippen LogP contribution in [0.2, 0.25) is 0 Å². The van der Waals surface area contributed by atoms with Gasteiger partial charge in [0.2, 0.25) is 0 Å². The molecule has 1 saturated heterocycles. The molecule has 0 aromatic carbocycles. The van der Waals surface area contributed by atoms with Crippen LogP contribution >= 0.6 is 21.6 Å². The molecule has 88 valence electrons. The van der Waals surface area contributed by atoms with Crippen LogP contribution in [0.3, 0.4) is 0 Å². The predicted octanol–water partition coefficient (Wildman–Crippen LogP) is 2.85. The molecular weight excluding hydrogens is 232 g/mol. The number of unbranched alkanes of at least 4 members (excludes halogenated alkanes) is 1. The summed E-state index contributed by atoms with van der Waals surface area (Å²) in [7, 11) is 5.48. The third-order valence-corrected chi connectivity index (χ3v) is 5.23. The van der Waals surface area contributed by atoms with Gasteiger partial charge in [-0.25, -0.2) is 0 Å². The van der Waals surface area contributed by atoms with Crippen LogP contribution < -0.4 is 0 Å². The number of hydrogen-bond donors (Lipinski definition) is 0. The van der Waals surface area contributed by atoms with Crippen molar-refractivity contribution in [3.05, 3.63) is 0 Å². The maximum absolute atomic E-state index is 11.1. The molecule has 1 rings (SSSR count). The molecule has 15 heavy (non-hydrogen) atoms. The van der Waals surface area contributed by atoms with Gasteiger partial charge in [0, 0.05) is 24.5 Å². The molecule has 1 atom stereocenters. The molecule has 3 nitrogen and oxygen atoms in total. The van der Waals surface area contributed by atoms with Gasteiger partial charge >= 0.3 is 5.97 Å². The van der Waals surface area contributed by atoms with Crippen LogP contribution in [0, 0.1) is 0 Å². The monoisotopic (exact) mass is 250 g/mol. The van der Waals surface area contributed by atoms with Crippen molar-refractivity contribution in [2.75, 3.05) is 19.7 Å². The molecule has 0 radical (unpaired) electrons. The van der Waals surface area contributed by atoms with E-state index in [2.05, 4.69) is 4.74 Å². The molecule has 0 bridgehead atoms. The zero-order valence-electron chi connectivity index (χ0n) is 9.07. The Bertz CT molecular complexity index is 182. The first-order chi connectivity index (χ1) is 7.33. The number of rotatable bonds is 7. The fourth-order valence-electron chi connectivity index (χ4n) is 1.40. The minimum absolute atomic E-state index is 0.0773. The van der Waals surface area contributed by atoms with E-state index >= 15 is 0 Å². The number of esters is 1. The Morgan fingerprint density at radius 3 is 3.00 bits per heavy atom. The van der Waals surface area contributed by atoms with Crippen molar-refractivity contribution in [1.29, 1.82) is 0 Å². The van der Waals surface area contributed by atoms with Crippen LogP contribution in [0.25, 0.3) is 0 Å². The average Bonchev–Trinajstić information content (AvgIpc) is 2.74. The molecule has 1 aliphatic rings. The highest BCUT2D eigenvalue weighted by atomic mass is 33.1. The normalized spacial score (nSPS) is 20.5. The summed E-state index contributed by atoms with van der Waals surface area (Å²) in [5, 5.41) is 0.810. The van der Waals surface area contributed by atoms with E-state index in [9.17, 15) is 4.79 Å². The number of carbonyl (C=O) groups is 1. The summed E-state index contributed by atoms with van der Waals surface area (Å²) in [6, 6.07) is 0. The maximum Gasteiger partial charge on any atom is 0.307 e. The molecule has 1 heterocycles. The van der Waals surface area contributed by atoms with E-state index in [0.29, 0.717) is 6.42 Å². The van der Waals surface area contributed by atoms with E-state index in [1.54, 1.807) is 0 Å². The first-order valence-corrected chi connectivity index (χ1v) is 7.64. The van der Waals surface area contributed by atoms with Gasteiger partial charge in [0.25, 0.3) is 0 Å². The highest BCUT2D eigenvalue weighted by Gasteiger charge is 2.15. The summed E-state index contributed by atoms with van der Waals surface area (Å²) < 4.78 is 9.44. The van der Waals surface area contributed by atoms with Crippen molar-refractivity contribution in [2.45, 2.75) is 37.4 Å².